The van der Waals surface area contributed by atoms with Crippen molar-refractivity contribution in [2.75, 3.05) is 18.9 Å². The number of rotatable bonds is 5. The Kier molecular flexibility index (Phi) is 5.59. The standard InChI is InChI=1S/C16H21F3N2O4S/c17-16(18,19)13-4-3-12-9-21(6-5-11(12)8-13)26(23,24)10-14(20-22)15-2-1-7-25-15/h3-4,8,14-15,20,22H,1-2,5-7,9-10H2/t14-,15-/m1/s1. The molecular formula is C16H21F3N2O4S. The fraction of sp³-hybridized carbons (Fsp3) is 0.625. The average Bonchev–Trinajstić information content (AvgIpc) is 3.12. The van der Waals surface area contributed by atoms with Gasteiger partial charge in [0.15, 0.2) is 0 Å². The lowest BCUT2D eigenvalue weighted by molar-refractivity contribution is -0.137. The van der Waals surface area contributed by atoms with Gasteiger partial charge in [-0.3, -0.25) is 0 Å². The van der Waals surface area contributed by atoms with E-state index in [1.54, 1.807) is 0 Å². The number of ether oxygens (including phenoxy) is 1. The van der Waals surface area contributed by atoms with Gasteiger partial charge in [-0.25, -0.2) is 8.42 Å². The third-order valence-electron chi connectivity index (χ3n) is 4.87. The molecule has 1 saturated heterocycles. The summed E-state index contributed by atoms with van der Waals surface area (Å²) in [7, 11) is -3.70. The maximum Gasteiger partial charge on any atom is 0.416 e. The highest BCUT2D eigenvalue weighted by Crippen LogP contribution is 2.32. The van der Waals surface area contributed by atoms with E-state index in [9.17, 15) is 26.8 Å². The first-order chi connectivity index (χ1) is 12.2. The van der Waals surface area contributed by atoms with Crippen LogP contribution in [-0.4, -0.2) is 49.0 Å². The van der Waals surface area contributed by atoms with Crippen LogP contribution in [0.25, 0.3) is 0 Å². The van der Waals surface area contributed by atoms with Gasteiger partial charge in [-0.05, 0) is 42.5 Å². The number of nitrogens with one attached hydrogen (secondary N) is 1. The molecule has 26 heavy (non-hydrogen) atoms. The first-order valence-corrected chi connectivity index (χ1v) is 9.99. The van der Waals surface area contributed by atoms with Crippen molar-refractivity contribution in [1.82, 2.24) is 9.79 Å². The average molecular weight is 394 g/mol. The van der Waals surface area contributed by atoms with Crippen molar-refractivity contribution in [2.45, 2.75) is 44.1 Å². The molecule has 1 fully saturated rings. The molecular weight excluding hydrogens is 373 g/mol. The molecule has 1 aromatic rings. The molecule has 0 bridgehead atoms. The number of hydrogen-bond donors (Lipinski definition) is 2. The molecule has 0 aromatic heterocycles. The number of hydrogen-bond acceptors (Lipinski definition) is 5. The first kappa shape index (κ1) is 19.6. The summed E-state index contributed by atoms with van der Waals surface area (Å²) in [5.41, 5.74) is 2.38. The lowest BCUT2D eigenvalue weighted by atomic mass is 9.98. The summed E-state index contributed by atoms with van der Waals surface area (Å²) in [6, 6.07) is 2.65. The first-order valence-electron chi connectivity index (χ1n) is 8.39. The Bertz CT molecular complexity index is 748. The predicted octanol–water partition coefficient (Wildman–Crippen LogP) is 1.92. The van der Waals surface area contributed by atoms with Crippen LogP contribution < -0.4 is 5.48 Å². The Morgan fingerprint density at radius 3 is 2.73 bits per heavy atom. The Morgan fingerprint density at radius 2 is 2.12 bits per heavy atom. The van der Waals surface area contributed by atoms with Gasteiger partial charge in [-0.15, -0.1) is 0 Å². The summed E-state index contributed by atoms with van der Waals surface area (Å²) in [6.45, 7) is 0.668. The molecule has 0 spiro atoms. The second-order valence-corrected chi connectivity index (χ2v) is 8.64. The van der Waals surface area contributed by atoms with E-state index in [0.29, 0.717) is 24.2 Å². The van der Waals surface area contributed by atoms with E-state index in [1.807, 2.05) is 5.48 Å². The quantitative estimate of drug-likeness (QED) is 0.746. The van der Waals surface area contributed by atoms with Crippen LogP contribution in [0, 0.1) is 0 Å². The summed E-state index contributed by atoms with van der Waals surface area (Å²) in [5, 5.41) is 9.29. The van der Waals surface area contributed by atoms with Crippen molar-refractivity contribution in [3.63, 3.8) is 0 Å². The largest absolute Gasteiger partial charge is 0.416 e. The van der Waals surface area contributed by atoms with Crippen molar-refractivity contribution < 1.29 is 31.5 Å². The van der Waals surface area contributed by atoms with Gasteiger partial charge in [-0.1, -0.05) is 6.07 Å². The molecule has 6 nitrogen and oxygen atoms in total. The van der Waals surface area contributed by atoms with E-state index in [-0.39, 0.29) is 31.4 Å². The minimum Gasteiger partial charge on any atom is -0.376 e. The van der Waals surface area contributed by atoms with E-state index < -0.39 is 27.8 Å². The third-order valence-corrected chi connectivity index (χ3v) is 6.75. The van der Waals surface area contributed by atoms with E-state index >= 15 is 0 Å². The summed E-state index contributed by atoms with van der Waals surface area (Å²) in [5.74, 6) is -0.329. The van der Waals surface area contributed by atoms with Gasteiger partial charge in [0.25, 0.3) is 0 Å². The number of fused-ring (bicyclic) bond motifs is 1. The number of benzene rings is 1. The number of alkyl halides is 3. The summed E-state index contributed by atoms with van der Waals surface area (Å²) < 4.78 is 70.5. The molecule has 0 radical (unpaired) electrons. The highest BCUT2D eigenvalue weighted by Gasteiger charge is 2.35. The molecule has 2 aliphatic heterocycles. The summed E-state index contributed by atoms with van der Waals surface area (Å²) in [4.78, 5) is 0. The maximum absolute atomic E-state index is 12.8. The van der Waals surface area contributed by atoms with E-state index in [0.717, 1.165) is 18.6 Å². The van der Waals surface area contributed by atoms with Crippen molar-refractivity contribution in [3.05, 3.63) is 34.9 Å². The Labute approximate surface area is 149 Å². The third kappa shape index (κ3) is 4.20. The fourth-order valence-electron chi connectivity index (χ4n) is 3.42. The molecule has 0 saturated carbocycles. The van der Waals surface area contributed by atoms with Crippen molar-refractivity contribution in [2.24, 2.45) is 0 Å². The molecule has 2 aliphatic rings. The zero-order valence-corrected chi connectivity index (χ0v) is 14.8. The van der Waals surface area contributed by atoms with Gasteiger partial charge in [-0.2, -0.15) is 23.0 Å². The molecule has 0 unspecified atom stereocenters. The van der Waals surface area contributed by atoms with Gasteiger partial charge < -0.3 is 9.94 Å². The second kappa shape index (κ2) is 7.43. The van der Waals surface area contributed by atoms with E-state index in [4.69, 9.17) is 4.74 Å². The Balaban J connectivity index is 1.72. The van der Waals surface area contributed by atoms with Gasteiger partial charge in [0.05, 0.1) is 23.5 Å². The molecule has 2 atom stereocenters. The molecule has 0 amide bonds. The minimum absolute atomic E-state index is 0.0273. The zero-order valence-electron chi connectivity index (χ0n) is 14.0. The number of halogens is 3. The molecule has 146 valence electrons. The Morgan fingerprint density at radius 1 is 1.35 bits per heavy atom. The van der Waals surface area contributed by atoms with Crippen LogP contribution in [0.4, 0.5) is 13.2 Å². The maximum atomic E-state index is 12.8. The SMILES string of the molecule is O=S(=O)(C[C@@H](NO)[C@H]1CCCO1)N1CCc2cc(C(F)(F)F)ccc2C1. The van der Waals surface area contributed by atoms with Crippen LogP contribution in [0.15, 0.2) is 18.2 Å². The second-order valence-electron chi connectivity index (χ2n) is 6.63. The van der Waals surface area contributed by atoms with Crippen molar-refractivity contribution >= 4 is 10.0 Å². The molecule has 0 aliphatic carbocycles. The van der Waals surface area contributed by atoms with Gasteiger partial charge >= 0.3 is 6.18 Å². The number of nitrogens with zero attached hydrogens (tertiary/aromatic N) is 1. The molecule has 1 aromatic carbocycles. The van der Waals surface area contributed by atoms with E-state index in [2.05, 4.69) is 0 Å². The molecule has 2 N–H and O–H groups in total. The summed E-state index contributed by atoms with van der Waals surface area (Å²) in [6.07, 6.45) is -3.10. The number of hydroxylamine groups is 1. The molecule has 3 rings (SSSR count). The number of sulfonamides is 1. The van der Waals surface area contributed by atoms with Crippen LogP contribution >= 0.6 is 0 Å². The predicted molar refractivity (Wildman–Crippen MR) is 87.0 cm³/mol. The minimum atomic E-state index is -4.42. The topological polar surface area (TPSA) is 78.9 Å². The summed E-state index contributed by atoms with van der Waals surface area (Å²) >= 11 is 0. The van der Waals surface area contributed by atoms with Gasteiger partial charge in [0, 0.05) is 19.7 Å². The van der Waals surface area contributed by atoms with Crippen LogP contribution in [0.1, 0.15) is 29.5 Å². The monoisotopic (exact) mass is 394 g/mol. The van der Waals surface area contributed by atoms with E-state index in [1.165, 1.54) is 10.4 Å². The Hall–Kier alpha value is -1.20. The lowest BCUT2D eigenvalue weighted by Gasteiger charge is -2.30. The van der Waals surface area contributed by atoms with Crippen LogP contribution in [0.3, 0.4) is 0 Å². The zero-order chi connectivity index (χ0) is 18.9. The van der Waals surface area contributed by atoms with Gasteiger partial charge in [0.1, 0.15) is 0 Å². The van der Waals surface area contributed by atoms with Crippen molar-refractivity contribution in [3.8, 4) is 0 Å². The fourth-order valence-corrected chi connectivity index (χ4v) is 5.08. The highest BCUT2D eigenvalue weighted by molar-refractivity contribution is 7.89. The smallest absolute Gasteiger partial charge is 0.376 e. The molecule has 10 heteroatoms. The van der Waals surface area contributed by atoms with Crippen molar-refractivity contribution in [1.29, 1.82) is 0 Å². The normalized spacial score (nSPS) is 23.0. The van der Waals surface area contributed by atoms with Crippen LogP contribution in [-0.2, 0) is 33.9 Å². The van der Waals surface area contributed by atoms with Gasteiger partial charge in [0.2, 0.25) is 10.0 Å². The molecule has 2 heterocycles. The van der Waals surface area contributed by atoms with Crippen LogP contribution in [0.2, 0.25) is 0 Å². The highest BCUT2D eigenvalue weighted by atomic mass is 32.2. The lowest BCUT2D eigenvalue weighted by Crippen LogP contribution is -2.48. The van der Waals surface area contributed by atoms with Crippen LogP contribution in [0.5, 0.6) is 0 Å².